The summed E-state index contributed by atoms with van der Waals surface area (Å²) in [6.07, 6.45) is -0.0294. The maximum absolute atomic E-state index is 10.9. The first-order chi connectivity index (χ1) is 7.95. The van der Waals surface area contributed by atoms with Gasteiger partial charge in [-0.3, -0.25) is 10.1 Å². The van der Waals surface area contributed by atoms with E-state index in [0.29, 0.717) is 10.2 Å². The van der Waals surface area contributed by atoms with Crippen LogP contribution in [0.25, 0.3) is 0 Å². The zero-order valence-electron chi connectivity index (χ0n) is 9.94. The van der Waals surface area contributed by atoms with E-state index in [1.165, 1.54) is 6.07 Å². The average Bonchev–Trinajstić information content (AvgIpc) is 2.29. The van der Waals surface area contributed by atoms with Gasteiger partial charge in [-0.2, -0.15) is 0 Å². The lowest BCUT2D eigenvalue weighted by atomic mass is 10.2. The Bertz CT molecular complexity index is 412. The quantitative estimate of drug-likeness (QED) is 0.670. The molecule has 0 saturated carbocycles. The molecule has 1 rings (SSSR count). The van der Waals surface area contributed by atoms with Crippen LogP contribution in [0.5, 0.6) is 0 Å². The summed E-state index contributed by atoms with van der Waals surface area (Å²) in [5.41, 5.74) is 0.545. The van der Waals surface area contributed by atoms with Crippen molar-refractivity contribution < 1.29 is 9.66 Å². The highest BCUT2D eigenvalue weighted by molar-refractivity contribution is 9.10. The number of halogens is 1. The fourth-order valence-electron chi connectivity index (χ4n) is 1.34. The molecule has 1 N–H and O–H groups in total. The number of benzene rings is 1. The van der Waals surface area contributed by atoms with Gasteiger partial charge in [-0.15, -0.1) is 0 Å². The van der Waals surface area contributed by atoms with E-state index >= 15 is 0 Å². The Labute approximate surface area is 108 Å². The topological polar surface area (TPSA) is 64.4 Å². The van der Waals surface area contributed by atoms with E-state index in [1.54, 1.807) is 19.2 Å². The predicted octanol–water partition coefficient (Wildman–Crippen LogP) is 3.19. The van der Waals surface area contributed by atoms with Crippen molar-refractivity contribution in [3.8, 4) is 0 Å². The minimum atomic E-state index is -0.405. The molecule has 0 radical (unpaired) electrons. The third kappa shape index (κ3) is 3.67. The number of methoxy groups -OCH3 is 1. The third-order valence-corrected chi connectivity index (χ3v) is 3.11. The summed E-state index contributed by atoms with van der Waals surface area (Å²) in [7, 11) is 1.61. The van der Waals surface area contributed by atoms with Gasteiger partial charge in [0, 0.05) is 23.7 Å². The number of hydrogen-bond donors (Lipinski definition) is 1. The summed E-state index contributed by atoms with van der Waals surface area (Å²) in [5, 5.41) is 14.0. The number of nitro benzene ring substituents is 1. The highest BCUT2D eigenvalue weighted by Gasteiger charge is 2.18. The maximum Gasteiger partial charge on any atom is 0.293 e. The van der Waals surface area contributed by atoms with Crippen molar-refractivity contribution in [1.82, 2.24) is 0 Å². The van der Waals surface area contributed by atoms with Crippen molar-refractivity contribution in [2.75, 3.05) is 12.4 Å². The van der Waals surface area contributed by atoms with Crippen LogP contribution in [0.1, 0.15) is 13.8 Å². The summed E-state index contributed by atoms with van der Waals surface area (Å²) in [4.78, 5) is 10.5. The molecule has 94 valence electrons. The Morgan fingerprint density at radius 3 is 2.65 bits per heavy atom. The number of nitrogens with zero attached hydrogens (tertiary/aromatic N) is 1. The van der Waals surface area contributed by atoms with E-state index in [2.05, 4.69) is 21.2 Å². The SMILES string of the molecule is COC(C)C(C)Nc1ccc(Br)cc1[N+](=O)[O-]. The summed E-state index contributed by atoms with van der Waals surface area (Å²) in [5.74, 6) is 0. The zero-order chi connectivity index (χ0) is 13.0. The molecule has 0 amide bonds. The molecular formula is C11H15BrN2O3. The van der Waals surface area contributed by atoms with Crippen molar-refractivity contribution in [1.29, 1.82) is 0 Å². The van der Waals surface area contributed by atoms with Gasteiger partial charge in [-0.1, -0.05) is 15.9 Å². The molecule has 2 atom stereocenters. The lowest BCUT2D eigenvalue weighted by molar-refractivity contribution is -0.384. The Hall–Kier alpha value is -1.14. The lowest BCUT2D eigenvalue weighted by Crippen LogP contribution is -2.29. The molecule has 0 aliphatic rings. The van der Waals surface area contributed by atoms with Crippen molar-refractivity contribution in [2.24, 2.45) is 0 Å². The van der Waals surface area contributed by atoms with Crippen LogP contribution in [-0.2, 0) is 4.74 Å². The highest BCUT2D eigenvalue weighted by atomic mass is 79.9. The first-order valence-electron chi connectivity index (χ1n) is 5.19. The van der Waals surface area contributed by atoms with E-state index in [0.717, 1.165) is 0 Å². The van der Waals surface area contributed by atoms with Crippen LogP contribution < -0.4 is 5.32 Å². The molecule has 5 nitrogen and oxygen atoms in total. The summed E-state index contributed by atoms with van der Waals surface area (Å²) in [6.45, 7) is 3.82. The van der Waals surface area contributed by atoms with Gasteiger partial charge in [0.25, 0.3) is 5.69 Å². The largest absolute Gasteiger partial charge is 0.380 e. The molecule has 17 heavy (non-hydrogen) atoms. The number of ether oxygens (including phenoxy) is 1. The first-order valence-corrected chi connectivity index (χ1v) is 5.98. The molecule has 0 aliphatic carbocycles. The zero-order valence-corrected chi connectivity index (χ0v) is 11.5. The van der Waals surface area contributed by atoms with Crippen LogP contribution in [0.3, 0.4) is 0 Å². The number of nitrogens with one attached hydrogen (secondary N) is 1. The summed E-state index contributed by atoms with van der Waals surface area (Å²) >= 11 is 3.22. The Morgan fingerprint density at radius 2 is 2.12 bits per heavy atom. The molecule has 0 spiro atoms. The van der Waals surface area contributed by atoms with Crippen LogP contribution in [0.15, 0.2) is 22.7 Å². The van der Waals surface area contributed by atoms with Crippen molar-refractivity contribution in [3.63, 3.8) is 0 Å². The second-order valence-electron chi connectivity index (χ2n) is 3.79. The number of anilines is 1. The Morgan fingerprint density at radius 1 is 1.47 bits per heavy atom. The predicted molar refractivity (Wildman–Crippen MR) is 70.4 cm³/mol. The molecule has 2 unspecified atom stereocenters. The van der Waals surface area contributed by atoms with Crippen molar-refractivity contribution in [2.45, 2.75) is 26.0 Å². The van der Waals surface area contributed by atoms with E-state index < -0.39 is 4.92 Å². The number of hydrogen-bond acceptors (Lipinski definition) is 4. The fraction of sp³-hybridized carbons (Fsp3) is 0.455. The molecular weight excluding hydrogens is 288 g/mol. The molecule has 0 saturated heterocycles. The molecule has 0 bridgehead atoms. The molecule has 1 aromatic carbocycles. The minimum Gasteiger partial charge on any atom is -0.380 e. The monoisotopic (exact) mass is 302 g/mol. The lowest BCUT2D eigenvalue weighted by Gasteiger charge is -2.20. The second-order valence-corrected chi connectivity index (χ2v) is 4.71. The van der Waals surface area contributed by atoms with E-state index in [1.807, 2.05) is 13.8 Å². The van der Waals surface area contributed by atoms with Gasteiger partial charge in [-0.05, 0) is 26.0 Å². The van der Waals surface area contributed by atoms with E-state index in [-0.39, 0.29) is 17.8 Å². The van der Waals surface area contributed by atoms with Gasteiger partial charge in [0.2, 0.25) is 0 Å². The van der Waals surface area contributed by atoms with Crippen LogP contribution >= 0.6 is 15.9 Å². The average molecular weight is 303 g/mol. The smallest absolute Gasteiger partial charge is 0.293 e. The fourth-order valence-corrected chi connectivity index (χ4v) is 1.69. The molecule has 1 aromatic rings. The van der Waals surface area contributed by atoms with Crippen LogP contribution in [0.2, 0.25) is 0 Å². The van der Waals surface area contributed by atoms with Crippen molar-refractivity contribution in [3.05, 3.63) is 32.8 Å². The van der Waals surface area contributed by atoms with Crippen LogP contribution in [0.4, 0.5) is 11.4 Å². The van der Waals surface area contributed by atoms with Gasteiger partial charge in [0.15, 0.2) is 0 Å². The van der Waals surface area contributed by atoms with Gasteiger partial charge in [0.05, 0.1) is 11.0 Å². The van der Waals surface area contributed by atoms with Gasteiger partial charge >= 0.3 is 0 Å². The molecule has 0 aromatic heterocycles. The summed E-state index contributed by atoms with van der Waals surface area (Å²) < 4.78 is 5.85. The van der Waals surface area contributed by atoms with Gasteiger partial charge in [0.1, 0.15) is 5.69 Å². The third-order valence-electron chi connectivity index (χ3n) is 2.62. The van der Waals surface area contributed by atoms with Crippen molar-refractivity contribution >= 4 is 27.3 Å². The molecule has 0 aliphatic heterocycles. The van der Waals surface area contributed by atoms with E-state index in [4.69, 9.17) is 4.74 Å². The van der Waals surface area contributed by atoms with Gasteiger partial charge in [-0.25, -0.2) is 0 Å². The minimum absolute atomic E-state index is 0.0140. The number of nitro groups is 1. The maximum atomic E-state index is 10.9. The molecule has 6 heteroatoms. The molecule has 0 heterocycles. The van der Waals surface area contributed by atoms with Crippen LogP contribution in [-0.4, -0.2) is 24.2 Å². The standard InChI is InChI=1S/C11H15BrN2O3/c1-7(8(2)17-3)13-10-5-4-9(12)6-11(10)14(15)16/h4-8,13H,1-3H3. The second kappa shape index (κ2) is 5.97. The summed E-state index contributed by atoms with van der Waals surface area (Å²) in [6, 6.07) is 4.91. The Kier molecular flexibility index (Phi) is 4.89. The normalized spacial score (nSPS) is 14.1. The van der Waals surface area contributed by atoms with Crippen LogP contribution in [0, 0.1) is 10.1 Å². The first kappa shape index (κ1) is 13.9. The van der Waals surface area contributed by atoms with E-state index in [9.17, 15) is 10.1 Å². The van der Waals surface area contributed by atoms with Gasteiger partial charge < -0.3 is 10.1 Å². The highest BCUT2D eigenvalue weighted by Crippen LogP contribution is 2.28. The Balaban J connectivity index is 2.94. The number of rotatable bonds is 5. The molecule has 0 fully saturated rings.